The van der Waals surface area contributed by atoms with E-state index in [-0.39, 0.29) is 16.3 Å². The Balaban J connectivity index is 2.28. The van der Waals surface area contributed by atoms with Crippen LogP contribution in [0.4, 0.5) is 18.9 Å². The fraction of sp³-hybridized carbons (Fsp3) is 0.188. The minimum Gasteiger partial charge on any atom is -0.361 e. The number of hydrogen-bond acceptors (Lipinski definition) is 2. The Kier molecular flexibility index (Phi) is 7.03. The molecule has 2 rings (SSSR count). The number of rotatable bonds is 4. The lowest BCUT2D eigenvalue weighted by Crippen LogP contribution is -2.49. The molecular weight excluding hydrogens is 470 g/mol. The predicted molar refractivity (Wildman–Crippen MR) is 103 cm³/mol. The van der Waals surface area contributed by atoms with E-state index in [4.69, 9.17) is 58.0 Å². The molecule has 0 aromatic heterocycles. The molecule has 0 spiro atoms. The molecule has 1 atom stereocenters. The van der Waals surface area contributed by atoms with Crippen LogP contribution in [0.2, 0.25) is 10.0 Å². The molecule has 146 valence electrons. The quantitative estimate of drug-likeness (QED) is 0.385. The molecule has 0 bridgehead atoms. The van der Waals surface area contributed by atoms with Gasteiger partial charge in [-0.2, -0.15) is 13.2 Å². The maximum atomic E-state index is 12.9. The monoisotopic (exact) mass is 478 g/mol. The summed E-state index contributed by atoms with van der Waals surface area (Å²) in [5.41, 5.74) is -0.920. The molecule has 0 heterocycles. The molecule has 0 saturated heterocycles. The fourth-order valence-electron chi connectivity index (χ4n) is 1.98. The normalized spacial score (nSPS) is 13.2. The largest absolute Gasteiger partial charge is 0.416 e. The molecule has 2 N–H and O–H groups in total. The molecule has 0 aliphatic heterocycles. The Labute approximate surface area is 177 Å². The van der Waals surface area contributed by atoms with Crippen LogP contribution in [0.15, 0.2) is 42.5 Å². The van der Waals surface area contributed by atoms with E-state index >= 15 is 0 Å². The van der Waals surface area contributed by atoms with Gasteiger partial charge in [-0.05, 0) is 42.5 Å². The summed E-state index contributed by atoms with van der Waals surface area (Å²) in [5.74, 6) is -0.640. The molecule has 0 fully saturated rings. The van der Waals surface area contributed by atoms with E-state index in [0.29, 0.717) is 5.02 Å². The Hall–Kier alpha value is -1.05. The van der Waals surface area contributed by atoms with E-state index < -0.39 is 27.6 Å². The Bertz CT molecular complexity index is 822. The van der Waals surface area contributed by atoms with Crippen LogP contribution in [-0.2, 0) is 6.18 Å². The van der Waals surface area contributed by atoms with Gasteiger partial charge in [-0.3, -0.25) is 4.79 Å². The van der Waals surface area contributed by atoms with Gasteiger partial charge in [0.15, 0.2) is 0 Å². The second-order valence-corrected chi connectivity index (χ2v) is 8.50. The van der Waals surface area contributed by atoms with Crippen LogP contribution >= 0.6 is 58.0 Å². The van der Waals surface area contributed by atoms with Gasteiger partial charge in [0.1, 0.15) is 6.17 Å². The summed E-state index contributed by atoms with van der Waals surface area (Å²) in [7, 11) is 0. The van der Waals surface area contributed by atoms with Gasteiger partial charge in [0.25, 0.3) is 5.91 Å². The van der Waals surface area contributed by atoms with E-state index in [2.05, 4.69) is 10.6 Å². The van der Waals surface area contributed by atoms with Gasteiger partial charge < -0.3 is 10.6 Å². The second-order valence-electron chi connectivity index (χ2n) is 5.29. The molecule has 2 aromatic carbocycles. The summed E-state index contributed by atoms with van der Waals surface area (Å²) >= 11 is 29.2. The maximum absolute atomic E-state index is 12.9. The van der Waals surface area contributed by atoms with Crippen LogP contribution in [0.5, 0.6) is 0 Å². The van der Waals surface area contributed by atoms with Gasteiger partial charge in [0.05, 0.1) is 16.3 Å². The molecular formula is C16H10Cl5F3N2O. The molecule has 0 saturated carbocycles. The highest BCUT2D eigenvalue weighted by Crippen LogP contribution is 2.36. The Morgan fingerprint density at radius 2 is 1.56 bits per heavy atom. The molecule has 0 radical (unpaired) electrons. The van der Waals surface area contributed by atoms with Crippen molar-refractivity contribution < 1.29 is 18.0 Å². The first-order valence-corrected chi connectivity index (χ1v) is 9.03. The lowest BCUT2D eigenvalue weighted by Gasteiger charge is -2.28. The van der Waals surface area contributed by atoms with Crippen LogP contribution in [0.25, 0.3) is 0 Å². The van der Waals surface area contributed by atoms with Gasteiger partial charge in [0, 0.05) is 10.6 Å². The van der Waals surface area contributed by atoms with Crippen LogP contribution in [0, 0.1) is 0 Å². The number of carbonyl (C=O) groups excluding carboxylic acids is 1. The van der Waals surface area contributed by atoms with Crippen LogP contribution in [0.3, 0.4) is 0 Å². The van der Waals surface area contributed by atoms with Crippen molar-refractivity contribution >= 4 is 69.6 Å². The van der Waals surface area contributed by atoms with Crippen LogP contribution in [0.1, 0.15) is 15.9 Å². The Morgan fingerprint density at radius 1 is 0.963 bits per heavy atom. The second kappa shape index (κ2) is 8.53. The lowest BCUT2D eigenvalue weighted by atomic mass is 10.2. The van der Waals surface area contributed by atoms with Crippen LogP contribution < -0.4 is 10.6 Å². The van der Waals surface area contributed by atoms with Crippen molar-refractivity contribution in [1.82, 2.24) is 5.32 Å². The summed E-state index contributed by atoms with van der Waals surface area (Å²) in [5, 5.41) is 5.29. The molecule has 0 aliphatic rings. The van der Waals surface area contributed by atoms with Gasteiger partial charge in [0.2, 0.25) is 3.79 Å². The fourth-order valence-corrected chi connectivity index (χ4v) is 2.61. The Morgan fingerprint density at radius 3 is 2.07 bits per heavy atom. The minimum atomic E-state index is -4.59. The average molecular weight is 481 g/mol. The zero-order chi connectivity index (χ0) is 20.4. The van der Waals surface area contributed by atoms with Crippen molar-refractivity contribution in [1.29, 1.82) is 0 Å². The van der Waals surface area contributed by atoms with Crippen molar-refractivity contribution in [2.24, 2.45) is 0 Å². The molecule has 2 aromatic rings. The van der Waals surface area contributed by atoms with Gasteiger partial charge in [-0.25, -0.2) is 0 Å². The van der Waals surface area contributed by atoms with Crippen molar-refractivity contribution in [2.45, 2.75) is 16.1 Å². The lowest BCUT2D eigenvalue weighted by molar-refractivity contribution is -0.137. The first kappa shape index (κ1) is 22.2. The number of carbonyl (C=O) groups is 1. The summed E-state index contributed by atoms with van der Waals surface area (Å²) < 4.78 is 36.6. The minimum absolute atomic E-state index is 0.0528. The van der Waals surface area contributed by atoms with E-state index in [1.807, 2.05) is 0 Å². The van der Waals surface area contributed by atoms with Crippen molar-refractivity contribution in [3.63, 3.8) is 0 Å². The third-order valence-electron chi connectivity index (χ3n) is 3.30. The van der Waals surface area contributed by atoms with Crippen molar-refractivity contribution in [3.8, 4) is 0 Å². The molecule has 11 heteroatoms. The zero-order valence-corrected chi connectivity index (χ0v) is 16.8. The predicted octanol–water partition coefficient (Wildman–Crippen LogP) is 6.55. The van der Waals surface area contributed by atoms with Crippen molar-refractivity contribution in [2.75, 3.05) is 5.32 Å². The molecule has 0 aliphatic carbocycles. The van der Waals surface area contributed by atoms with Gasteiger partial charge in [-0.1, -0.05) is 58.0 Å². The number of nitrogens with one attached hydrogen (secondary N) is 2. The van der Waals surface area contributed by atoms with Crippen molar-refractivity contribution in [3.05, 3.63) is 63.6 Å². The highest BCUT2D eigenvalue weighted by Gasteiger charge is 2.36. The third-order valence-corrected chi connectivity index (χ3v) is 4.54. The molecule has 1 amide bonds. The summed E-state index contributed by atoms with van der Waals surface area (Å²) in [6, 6.07) is 8.44. The highest BCUT2D eigenvalue weighted by molar-refractivity contribution is 6.68. The third kappa shape index (κ3) is 6.22. The summed E-state index contributed by atoms with van der Waals surface area (Å²) in [4.78, 5) is 12.3. The molecule has 0 unspecified atom stereocenters. The number of amides is 1. The molecule has 3 nitrogen and oxygen atoms in total. The summed E-state index contributed by atoms with van der Waals surface area (Å²) in [6.07, 6.45) is -5.98. The zero-order valence-electron chi connectivity index (χ0n) is 13.1. The van der Waals surface area contributed by atoms with E-state index in [9.17, 15) is 18.0 Å². The van der Waals surface area contributed by atoms with Crippen LogP contribution in [-0.4, -0.2) is 15.9 Å². The van der Waals surface area contributed by atoms with Gasteiger partial charge >= 0.3 is 6.18 Å². The SMILES string of the molecule is O=C(N[C@H](Nc1cc(C(F)(F)F)ccc1Cl)C(Cl)(Cl)Cl)c1ccc(Cl)cc1. The van der Waals surface area contributed by atoms with E-state index in [1.165, 1.54) is 24.3 Å². The number of hydrogen-bond donors (Lipinski definition) is 2. The average Bonchev–Trinajstić information content (AvgIpc) is 2.54. The highest BCUT2D eigenvalue weighted by atomic mass is 35.6. The first-order valence-electron chi connectivity index (χ1n) is 7.14. The number of benzene rings is 2. The topological polar surface area (TPSA) is 41.1 Å². The summed E-state index contributed by atoms with van der Waals surface area (Å²) in [6.45, 7) is 0. The standard InChI is InChI=1S/C16H10Cl5F3N2O/c17-10-4-1-8(2-5-10)13(27)26-14(15(19,20)21)25-12-7-9(16(22,23)24)3-6-11(12)18/h1-7,14,25H,(H,26,27)/t14-/m0/s1. The smallest absolute Gasteiger partial charge is 0.361 e. The molecule has 27 heavy (non-hydrogen) atoms. The van der Waals surface area contributed by atoms with Gasteiger partial charge in [-0.15, -0.1) is 0 Å². The number of halogens is 8. The first-order chi connectivity index (χ1) is 12.4. The van der Waals surface area contributed by atoms with E-state index in [0.717, 1.165) is 18.2 Å². The van der Waals surface area contributed by atoms with E-state index in [1.54, 1.807) is 0 Å². The number of alkyl halides is 6. The maximum Gasteiger partial charge on any atom is 0.416 e. The number of anilines is 1.